The van der Waals surface area contributed by atoms with Gasteiger partial charge in [-0.05, 0) is 31.9 Å². The zero-order valence-electron chi connectivity index (χ0n) is 12.0. The summed E-state index contributed by atoms with van der Waals surface area (Å²) in [6, 6.07) is 4.20. The molecule has 0 aromatic heterocycles. The lowest BCUT2D eigenvalue weighted by Gasteiger charge is -2.31. The second kappa shape index (κ2) is 6.56. The predicted molar refractivity (Wildman–Crippen MR) is 76.1 cm³/mol. The zero-order chi connectivity index (χ0) is 15.4. The van der Waals surface area contributed by atoms with Crippen molar-refractivity contribution in [1.29, 1.82) is 0 Å². The number of hydrogen-bond acceptors (Lipinski definition) is 4. The van der Waals surface area contributed by atoms with Gasteiger partial charge >= 0.3 is 5.97 Å². The first-order chi connectivity index (χ1) is 10.0. The Morgan fingerprint density at radius 1 is 1.38 bits per heavy atom. The molecule has 1 aromatic carbocycles. The number of ether oxygens (including phenoxy) is 1. The van der Waals surface area contributed by atoms with Crippen LogP contribution in [0.3, 0.4) is 0 Å². The maximum Gasteiger partial charge on any atom is 0.309 e. The summed E-state index contributed by atoms with van der Waals surface area (Å²) in [4.78, 5) is 25.6. The lowest BCUT2D eigenvalue weighted by atomic mass is 9.96. The topological polar surface area (TPSA) is 72.6 Å². The van der Waals surface area contributed by atoms with E-state index in [1.807, 2.05) is 0 Å². The van der Waals surface area contributed by atoms with Gasteiger partial charge in [-0.3, -0.25) is 9.59 Å². The fraction of sp³-hybridized carbons (Fsp3) is 0.467. The van der Waals surface area contributed by atoms with Crippen molar-refractivity contribution in [3.8, 4) is 0 Å². The minimum atomic E-state index is -0.595. The summed E-state index contributed by atoms with van der Waals surface area (Å²) in [7, 11) is 0. The average Bonchev–Trinajstić information content (AvgIpc) is 2.50. The molecule has 0 spiro atoms. The Morgan fingerprint density at radius 2 is 2.05 bits per heavy atom. The lowest BCUT2D eigenvalue weighted by molar-refractivity contribution is -0.149. The van der Waals surface area contributed by atoms with Crippen molar-refractivity contribution in [2.24, 2.45) is 5.92 Å². The van der Waals surface area contributed by atoms with Crippen LogP contribution in [0.5, 0.6) is 0 Å². The largest absolute Gasteiger partial charge is 0.466 e. The van der Waals surface area contributed by atoms with Gasteiger partial charge < -0.3 is 15.4 Å². The number of nitrogens with zero attached hydrogens (tertiary/aromatic N) is 1. The molecule has 1 aliphatic rings. The van der Waals surface area contributed by atoms with Crippen LogP contribution in [0, 0.1) is 11.7 Å². The number of likely N-dealkylation sites (tertiary alicyclic amines) is 1. The Hall–Kier alpha value is -2.11. The number of carbonyl (C=O) groups excluding carboxylic acids is 2. The molecule has 114 valence electrons. The molecule has 5 nitrogen and oxygen atoms in total. The van der Waals surface area contributed by atoms with Crippen molar-refractivity contribution in [2.45, 2.75) is 19.8 Å². The number of rotatable bonds is 3. The number of benzene rings is 1. The summed E-state index contributed by atoms with van der Waals surface area (Å²) in [5.41, 5.74) is 5.65. The molecular weight excluding hydrogens is 275 g/mol. The number of amides is 1. The van der Waals surface area contributed by atoms with E-state index in [0.717, 1.165) is 0 Å². The maximum absolute atomic E-state index is 13.4. The van der Waals surface area contributed by atoms with Crippen LogP contribution in [0.2, 0.25) is 0 Å². The fourth-order valence-electron chi connectivity index (χ4n) is 2.47. The van der Waals surface area contributed by atoms with Crippen LogP contribution in [-0.4, -0.2) is 36.5 Å². The molecule has 6 heteroatoms. The van der Waals surface area contributed by atoms with Gasteiger partial charge in [0.15, 0.2) is 0 Å². The van der Waals surface area contributed by atoms with Gasteiger partial charge in [-0.2, -0.15) is 0 Å². The van der Waals surface area contributed by atoms with Crippen LogP contribution in [0.4, 0.5) is 10.1 Å². The first-order valence-electron chi connectivity index (χ1n) is 7.04. The van der Waals surface area contributed by atoms with Gasteiger partial charge in [0.05, 0.1) is 23.8 Å². The van der Waals surface area contributed by atoms with E-state index in [0.29, 0.717) is 32.5 Å². The number of nitrogen functional groups attached to an aromatic ring is 1. The van der Waals surface area contributed by atoms with Crippen LogP contribution >= 0.6 is 0 Å². The van der Waals surface area contributed by atoms with E-state index >= 15 is 0 Å². The van der Waals surface area contributed by atoms with Gasteiger partial charge in [0, 0.05) is 13.1 Å². The minimum absolute atomic E-state index is 0.130. The second-order valence-electron chi connectivity index (χ2n) is 5.02. The second-order valence-corrected chi connectivity index (χ2v) is 5.02. The average molecular weight is 294 g/mol. The number of anilines is 1. The Labute approximate surface area is 122 Å². The third-order valence-electron chi connectivity index (χ3n) is 3.69. The van der Waals surface area contributed by atoms with E-state index in [9.17, 15) is 14.0 Å². The van der Waals surface area contributed by atoms with E-state index in [-0.39, 0.29) is 29.0 Å². The predicted octanol–water partition coefficient (Wildman–Crippen LogP) is 1.82. The fourth-order valence-corrected chi connectivity index (χ4v) is 2.47. The quantitative estimate of drug-likeness (QED) is 0.682. The van der Waals surface area contributed by atoms with E-state index in [4.69, 9.17) is 10.5 Å². The zero-order valence-corrected chi connectivity index (χ0v) is 12.0. The molecule has 2 rings (SSSR count). The highest BCUT2D eigenvalue weighted by Gasteiger charge is 2.29. The van der Waals surface area contributed by atoms with Gasteiger partial charge in [0.2, 0.25) is 0 Å². The Balaban J connectivity index is 2.00. The Bertz CT molecular complexity index is 540. The number of carbonyl (C=O) groups is 2. The van der Waals surface area contributed by atoms with Gasteiger partial charge in [0.1, 0.15) is 5.82 Å². The molecule has 1 aliphatic heterocycles. The third-order valence-corrected chi connectivity index (χ3v) is 3.69. The van der Waals surface area contributed by atoms with Crippen molar-refractivity contribution >= 4 is 17.6 Å². The van der Waals surface area contributed by atoms with Gasteiger partial charge in [-0.15, -0.1) is 0 Å². The lowest BCUT2D eigenvalue weighted by Crippen LogP contribution is -2.41. The smallest absolute Gasteiger partial charge is 0.309 e. The molecule has 0 unspecified atom stereocenters. The first-order valence-corrected chi connectivity index (χ1v) is 7.04. The molecule has 21 heavy (non-hydrogen) atoms. The summed E-state index contributed by atoms with van der Waals surface area (Å²) in [6.07, 6.45) is 1.11. The van der Waals surface area contributed by atoms with Crippen molar-refractivity contribution < 1.29 is 18.7 Å². The number of halogens is 1. The summed E-state index contributed by atoms with van der Waals surface area (Å²) in [6.45, 7) is 3.01. The van der Waals surface area contributed by atoms with Crippen molar-refractivity contribution in [1.82, 2.24) is 4.90 Å². The molecule has 2 N–H and O–H groups in total. The normalized spacial score (nSPS) is 15.8. The Kier molecular flexibility index (Phi) is 4.77. The monoisotopic (exact) mass is 294 g/mol. The van der Waals surface area contributed by atoms with E-state index in [1.54, 1.807) is 11.8 Å². The number of piperidine rings is 1. The molecule has 1 aromatic rings. The summed E-state index contributed by atoms with van der Waals surface area (Å²) < 4.78 is 18.4. The highest BCUT2D eigenvalue weighted by atomic mass is 19.1. The van der Waals surface area contributed by atoms with Crippen LogP contribution in [-0.2, 0) is 9.53 Å². The molecule has 1 saturated heterocycles. The standard InChI is InChI=1S/C15H19FN2O3/c1-2-21-15(20)10-6-8-18(9-7-10)14(19)11-4-3-5-12(16)13(11)17/h3-5,10H,2,6-9,17H2,1H3. The van der Waals surface area contributed by atoms with E-state index in [2.05, 4.69) is 0 Å². The number of esters is 1. The molecule has 1 heterocycles. The summed E-state index contributed by atoms with van der Waals surface area (Å²) >= 11 is 0. The molecular formula is C15H19FN2O3. The maximum atomic E-state index is 13.4. The van der Waals surface area contributed by atoms with Crippen LogP contribution in [0.15, 0.2) is 18.2 Å². The van der Waals surface area contributed by atoms with Crippen LogP contribution in [0.25, 0.3) is 0 Å². The molecule has 0 atom stereocenters. The van der Waals surface area contributed by atoms with E-state index < -0.39 is 5.82 Å². The molecule has 0 radical (unpaired) electrons. The van der Waals surface area contributed by atoms with Gasteiger partial charge in [-0.1, -0.05) is 6.07 Å². The SMILES string of the molecule is CCOC(=O)C1CCN(C(=O)c2cccc(F)c2N)CC1. The Morgan fingerprint density at radius 3 is 2.67 bits per heavy atom. The van der Waals surface area contributed by atoms with Crippen molar-refractivity contribution in [2.75, 3.05) is 25.4 Å². The summed E-state index contributed by atoms with van der Waals surface area (Å²) in [5.74, 6) is -1.27. The number of para-hydroxylation sites is 1. The van der Waals surface area contributed by atoms with E-state index in [1.165, 1.54) is 18.2 Å². The van der Waals surface area contributed by atoms with Gasteiger partial charge in [0.25, 0.3) is 5.91 Å². The number of nitrogens with two attached hydrogens (primary N) is 1. The molecule has 0 aliphatic carbocycles. The minimum Gasteiger partial charge on any atom is -0.466 e. The first kappa shape index (κ1) is 15.3. The molecule has 1 fully saturated rings. The van der Waals surface area contributed by atoms with Crippen LogP contribution < -0.4 is 5.73 Å². The van der Waals surface area contributed by atoms with Crippen molar-refractivity contribution in [3.63, 3.8) is 0 Å². The number of hydrogen-bond donors (Lipinski definition) is 1. The van der Waals surface area contributed by atoms with Crippen LogP contribution in [0.1, 0.15) is 30.1 Å². The third kappa shape index (κ3) is 3.32. The van der Waals surface area contributed by atoms with Gasteiger partial charge in [-0.25, -0.2) is 4.39 Å². The summed E-state index contributed by atoms with van der Waals surface area (Å²) in [5, 5.41) is 0. The highest BCUT2D eigenvalue weighted by molar-refractivity contribution is 5.99. The highest BCUT2D eigenvalue weighted by Crippen LogP contribution is 2.23. The molecule has 0 saturated carbocycles. The molecule has 1 amide bonds. The van der Waals surface area contributed by atoms with Crippen molar-refractivity contribution in [3.05, 3.63) is 29.6 Å². The molecule has 0 bridgehead atoms.